The van der Waals surface area contributed by atoms with E-state index in [0.29, 0.717) is 48.3 Å². The standard InChI is InChI=1S/C34H57NO9/c1-5-6-26(38)35-29-31(41)30(40)25(44-32(29)42)17-43-27(39)10-7-18(2)21-8-9-22-28-23(12-14-34(21,22)4)33(3)13-11-20(36)15-19(33)16-24(28)37/h18-25,28-32,36-37,40-42H,5-17H2,1-4H3,(H,35,38)/t18?,19?,20-,21?,22?,23?,24?,25+,28?,29+,30+,31+,32?,33-,34+/m0/s1. The highest BCUT2D eigenvalue weighted by molar-refractivity contribution is 5.76. The highest BCUT2D eigenvalue weighted by atomic mass is 16.6. The molecule has 5 aliphatic rings. The SMILES string of the molecule is CCCC(=O)N[C@H]1C(O)O[C@H](COC(=O)CCC(C)C2CCC3C4C(O)CC5C[C@@H](O)CC[C@]5(C)C4CC[C@]23C)[C@@H](O)[C@@H]1O. The molecule has 0 aromatic heterocycles. The first-order chi connectivity index (χ1) is 20.8. The van der Waals surface area contributed by atoms with E-state index < -0.39 is 36.6 Å². The van der Waals surface area contributed by atoms with Crippen LogP contribution in [0.4, 0.5) is 0 Å². The second-order valence-electron chi connectivity index (χ2n) is 15.5. The molecule has 0 aromatic carbocycles. The highest BCUT2D eigenvalue weighted by Gasteiger charge is 2.62. The van der Waals surface area contributed by atoms with Crippen LogP contribution in [-0.4, -0.2) is 86.9 Å². The Morgan fingerprint density at radius 2 is 1.64 bits per heavy atom. The average molecular weight is 624 g/mol. The molecule has 0 aromatic rings. The van der Waals surface area contributed by atoms with Crippen molar-refractivity contribution in [3.63, 3.8) is 0 Å². The average Bonchev–Trinajstić information content (AvgIpc) is 3.33. The van der Waals surface area contributed by atoms with E-state index in [0.717, 1.165) is 51.4 Å². The molecule has 5 fully saturated rings. The number of ether oxygens (including phenoxy) is 2. The molecule has 10 nitrogen and oxygen atoms in total. The summed E-state index contributed by atoms with van der Waals surface area (Å²) in [7, 11) is 0. The molecule has 1 aliphatic heterocycles. The maximum absolute atomic E-state index is 12.7. The zero-order valence-electron chi connectivity index (χ0n) is 27.1. The van der Waals surface area contributed by atoms with Crippen molar-refractivity contribution in [2.45, 2.75) is 148 Å². The van der Waals surface area contributed by atoms with Crippen LogP contribution in [0.5, 0.6) is 0 Å². The number of nitrogens with one attached hydrogen (secondary N) is 1. The van der Waals surface area contributed by atoms with Crippen LogP contribution < -0.4 is 5.32 Å². The Labute approximate surface area is 262 Å². The lowest BCUT2D eigenvalue weighted by Crippen LogP contribution is -2.64. The zero-order chi connectivity index (χ0) is 32.0. The monoisotopic (exact) mass is 623 g/mol. The van der Waals surface area contributed by atoms with Gasteiger partial charge in [0, 0.05) is 12.8 Å². The van der Waals surface area contributed by atoms with Gasteiger partial charge in [0.05, 0.1) is 12.2 Å². The number of hydrogen-bond acceptors (Lipinski definition) is 9. The summed E-state index contributed by atoms with van der Waals surface area (Å²) in [4.78, 5) is 24.7. The van der Waals surface area contributed by atoms with Crippen molar-refractivity contribution in [1.82, 2.24) is 5.32 Å². The Morgan fingerprint density at radius 3 is 2.36 bits per heavy atom. The number of esters is 1. The van der Waals surface area contributed by atoms with Crippen LogP contribution in [0.1, 0.15) is 105 Å². The number of fused-ring (bicyclic) bond motifs is 5. The van der Waals surface area contributed by atoms with E-state index >= 15 is 0 Å². The van der Waals surface area contributed by atoms with Gasteiger partial charge in [0.25, 0.3) is 0 Å². The summed E-state index contributed by atoms with van der Waals surface area (Å²) in [6.07, 6.45) is 3.63. The minimum Gasteiger partial charge on any atom is -0.463 e. The van der Waals surface area contributed by atoms with E-state index in [1.807, 2.05) is 6.92 Å². The molecule has 6 N–H and O–H groups in total. The Morgan fingerprint density at radius 1 is 0.932 bits per heavy atom. The number of carbonyl (C=O) groups excluding carboxylic acids is 2. The first-order valence-corrected chi connectivity index (χ1v) is 17.3. The van der Waals surface area contributed by atoms with E-state index in [2.05, 4.69) is 26.1 Å². The Balaban J connectivity index is 1.12. The first kappa shape index (κ1) is 34.0. The predicted octanol–water partition coefficient (Wildman–Crippen LogP) is 2.66. The second-order valence-corrected chi connectivity index (χ2v) is 15.5. The lowest BCUT2D eigenvalue weighted by atomic mass is 9.43. The number of aliphatic hydroxyl groups excluding tert-OH is 5. The fourth-order valence-corrected chi connectivity index (χ4v) is 10.7. The van der Waals surface area contributed by atoms with Crippen molar-refractivity contribution in [2.75, 3.05) is 6.61 Å². The molecule has 252 valence electrons. The Hall–Kier alpha value is -1.30. The number of aliphatic hydroxyl groups is 5. The van der Waals surface area contributed by atoms with Crippen LogP contribution in [-0.2, 0) is 19.1 Å². The molecule has 4 saturated carbocycles. The fourth-order valence-electron chi connectivity index (χ4n) is 10.7. The molecular formula is C34H57NO9. The maximum atomic E-state index is 12.7. The first-order valence-electron chi connectivity index (χ1n) is 17.3. The van der Waals surface area contributed by atoms with E-state index in [4.69, 9.17) is 9.47 Å². The summed E-state index contributed by atoms with van der Waals surface area (Å²) in [5.74, 6) is 1.66. The molecular weight excluding hydrogens is 566 g/mol. The molecule has 8 unspecified atom stereocenters. The Kier molecular flexibility index (Phi) is 10.4. The minimum atomic E-state index is -1.54. The molecule has 0 radical (unpaired) electrons. The lowest BCUT2D eigenvalue weighted by Gasteiger charge is -2.62. The largest absolute Gasteiger partial charge is 0.463 e. The summed E-state index contributed by atoms with van der Waals surface area (Å²) in [5, 5.41) is 55.6. The minimum absolute atomic E-state index is 0.123. The third-order valence-electron chi connectivity index (χ3n) is 13.2. The highest BCUT2D eigenvalue weighted by Crippen LogP contribution is 2.68. The van der Waals surface area contributed by atoms with Gasteiger partial charge in [0.2, 0.25) is 5.91 Å². The van der Waals surface area contributed by atoms with Gasteiger partial charge in [-0.15, -0.1) is 0 Å². The second kappa shape index (κ2) is 13.4. The number of amides is 1. The molecule has 0 spiro atoms. The van der Waals surface area contributed by atoms with Crippen molar-refractivity contribution in [3.05, 3.63) is 0 Å². The maximum Gasteiger partial charge on any atom is 0.305 e. The number of carbonyl (C=O) groups is 2. The molecule has 15 atom stereocenters. The molecule has 0 bridgehead atoms. The quantitative estimate of drug-likeness (QED) is 0.212. The molecule has 4 aliphatic carbocycles. The van der Waals surface area contributed by atoms with Gasteiger partial charge in [-0.3, -0.25) is 9.59 Å². The van der Waals surface area contributed by atoms with Gasteiger partial charge in [-0.1, -0.05) is 27.7 Å². The third kappa shape index (κ3) is 6.33. The van der Waals surface area contributed by atoms with E-state index in [1.54, 1.807) is 0 Å². The summed E-state index contributed by atoms with van der Waals surface area (Å²) in [6.45, 7) is 8.60. The van der Waals surface area contributed by atoms with Gasteiger partial charge < -0.3 is 40.3 Å². The summed E-state index contributed by atoms with van der Waals surface area (Å²) < 4.78 is 10.8. The summed E-state index contributed by atoms with van der Waals surface area (Å²) in [5.41, 5.74) is 0.321. The van der Waals surface area contributed by atoms with Crippen LogP contribution >= 0.6 is 0 Å². The normalized spacial score (nSPS) is 47.6. The molecule has 5 rings (SSSR count). The fraction of sp³-hybridized carbons (Fsp3) is 0.941. The zero-order valence-corrected chi connectivity index (χ0v) is 27.1. The Bertz CT molecular complexity index is 1030. The van der Waals surface area contributed by atoms with Gasteiger partial charge in [0.15, 0.2) is 6.29 Å². The van der Waals surface area contributed by atoms with Crippen molar-refractivity contribution < 1.29 is 44.6 Å². The smallest absolute Gasteiger partial charge is 0.305 e. The van der Waals surface area contributed by atoms with Gasteiger partial charge in [0.1, 0.15) is 31.0 Å². The predicted molar refractivity (Wildman–Crippen MR) is 162 cm³/mol. The topological polar surface area (TPSA) is 166 Å². The molecule has 44 heavy (non-hydrogen) atoms. The van der Waals surface area contributed by atoms with Crippen LogP contribution in [0.3, 0.4) is 0 Å². The lowest BCUT2D eigenvalue weighted by molar-refractivity contribution is -0.255. The molecule has 1 saturated heterocycles. The summed E-state index contributed by atoms with van der Waals surface area (Å²) >= 11 is 0. The van der Waals surface area contributed by atoms with Crippen molar-refractivity contribution in [1.29, 1.82) is 0 Å². The van der Waals surface area contributed by atoms with Crippen molar-refractivity contribution >= 4 is 11.9 Å². The van der Waals surface area contributed by atoms with Crippen molar-refractivity contribution in [3.8, 4) is 0 Å². The van der Waals surface area contributed by atoms with Crippen LogP contribution in [0, 0.1) is 46.3 Å². The third-order valence-corrected chi connectivity index (χ3v) is 13.2. The van der Waals surface area contributed by atoms with Gasteiger partial charge in [-0.05, 0) is 111 Å². The van der Waals surface area contributed by atoms with Crippen LogP contribution in [0.2, 0.25) is 0 Å². The van der Waals surface area contributed by atoms with Gasteiger partial charge in [-0.25, -0.2) is 0 Å². The van der Waals surface area contributed by atoms with E-state index in [-0.39, 0.29) is 48.4 Å². The van der Waals surface area contributed by atoms with E-state index in [9.17, 15) is 35.1 Å². The van der Waals surface area contributed by atoms with Crippen LogP contribution in [0.25, 0.3) is 0 Å². The van der Waals surface area contributed by atoms with Gasteiger partial charge >= 0.3 is 5.97 Å². The van der Waals surface area contributed by atoms with Gasteiger partial charge in [-0.2, -0.15) is 0 Å². The molecule has 1 heterocycles. The summed E-state index contributed by atoms with van der Waals surface area (Å²) in [6, 6.07) is -1.17. The van der Waals surface area contributed by atoms with Crippen molar-refractivity contribution in [2.24, 2.45) is 46.3 Å². The number of hydrogen-bond donors (Lipinski definition) is 6. The van der Waals surface area contributed by atoms with Crippen LogP contribution in [0.15, 0.2) is 0 Å². The molecule has 1 amide bonds. The molecule has 10 heteroatoms. The number of rotatable bonds is 9. The van der Waals surface area contributed by atoms with E-state index in [1.165, 1.54) is 0 Å².